The Labute approximate surface area is 114 Å². The maximum absolute atomic E-state index is 7.81. The van der Waals surface area contributed by atoms with Gasteiger partial charge in [0.2, 0.25) is 0 Å². The first-order chi connectivity index (χ1) is 6.68. The lowest BCUT2D eigenvalue weighted by Crippen LogP contribution is -2.10. The van der Waals surface area contributed by atoms with Crippen molar-refractivity contribution in [2.24, 2.45) is 7.05 Å². The highest BCUT2D eigenvalue weighted by Crippen LogP contribution is 2.19. The van der Waals surface area contributed by atoms with Gasteiger partial charge in [-0.25, -0.2) is 0 Å². The third kappa shape index (κ3) is 2.62. The SMILES string of the molecule is Cn1scc(-c2ccc(Cl)cc2)c1=N.I. The first kappa shape index (κ1) is 12.7. The molecule has 0 aliphatic carbocycles. The van der Waals surface area contributed by atoms with E-state index in [9.17, 15) is 0 Å². The van der Waals surface area contributed by atoms with Crippen LogP contribution in [0.2, 0.25) is 5.02 Å². The van der Waals surface area contributed by atoms with Crippen molar-refractivity contribution in [2.45, 2.75) is 0 Å². The Morgan fingerprint density at radius 2 is 1.87 bits per heavy atom. The number of hydrogen-bond acceptors (Lipinski definition) is 2. The molecule has 1 N–H and O–H groups in total. The lowest BCUT2D eigenvalue weighted by Gasteiger charge is -1.96. The van der Waals surface area contributed by atoms with E-state index in [0.717, 1.165) is 16.1 Å². The maximum atomic E-state index is 7.81. The van der Waals surface area contributed by atoms with Crippen molar-refractivity contribution in [2.75, 3.05) is 0 Å². The van der Waals surface area contributed by atoms with Crippen molar-refractivity contribution >= 4 is 47.1 Å². The Hall–Kier alpha value is -0.330. The molecule has 1 aromatic carbocycles. The van der Waals surface area contributed by atoms with Crippen LogP contribution in [0.25, 0.3) is 11.1 Å². The third-order valence-electron chi connectivity index (χ3n) is 2.05. The summed E-state index contributed by atoms with van der Waals surface area (Å²) in [4.78, 5) is 0. The van der Waals surface area contributed by atoms with Gasteiger partial charge in [0, 0.05) is 23.0 Å². The first-order valence-electron chi connectivity index (χ1n) is 4.14. The molecule has 0 bridgehead atoms. The van der Waals surface area contributed by atoms with Crippen molar-refractivity contribution in [3.8, 4) is 11.1 Å². The summed E-state index contributed by atoms with van der Waals surface area (Å²) in [6.07, 6.45) is 0. The number of nitrogens with zero attached hydrogens (tertiary/aromatic N) is 1. The molecule has 1 heterocycles. The number of nitrogens with one attached hydrogen (secondary N) is 1. The van der Waals surface area contributed by atoms with E-state index in [1.165, 1.54) is 11.5 Å². The van der Waals surface area contributed by atoms with E-state index in [0.29, 0.717) is 5.49 Å². The zero-order chi connectivity index (χ0) is 10.1. The van der Waals surface area contributed by atoms with Crippen LogP contribution in [0, 0.1) is 5.41 Å². The van der Waals surface area contributed by atoms with Gasteiger partial charge in [-0.3, -0.25) is 9.37 Å². The van der Waals surface area contributed by atoms with Gasteiger partial charge < -0.3 is 0 Å². The molecule has 1 aromatic heterocycles. The second kappa shape index (κ2) is 5.14. The quantitative estimate of drug-likeness (QED) is 0.761. The minimum absolute atomic E-state index is 0. The maximum Gasteiger partial charge on any atom is 0.142 e. The molecule has 0 fully saturated rings. The van der Waals surface area contributed by atoms with E-state index in [1.807, 2.05) is 40.6 Å². The lowest BCUT2D eigenvalue weighted by molar-refractivity contribution is 0.923. The second-order valence-corrected chi connectivity index (χ2v) is 4.42. The molecule has 0 atom stereocenters. The van der Waals surface area contributed by atoms with Gasteiger partial charge in [0.15, 0.2) is 0 Å². The highest BCUT2D eigenvalue weighted by atomic mass is 127. The molecule has 0 spiro atoms. The molecule has 0 saturated carbocycles. The number of benzene rings is 1. The fourth-order valence-corrected chi connectivity index (χ4v) is 2.09. The van der Waals surface area contributed by atoms with Gasteiger partial charge in [0.1, 0.15) is 5.49 Å². The molecule has 0 aliphatic rings. The molecule has 15 heavy (non-hydrogen) atoms. The standard InChI is InChI=1S/C10H9ClN2S.HI/c1-13-10(12)9(6-14-13)7-2-4-8(11)5-3-7;/h2-6,12H,1H3;1H. The molecule has 5 heteroatoms. The van der Waals surface area contributed by atoms with E-state index in [-0.39, 0.29) is 24.0 Å². The van der Waals surface area contributed by atoms with Crippen molar-refractivity contribution in [3.05, 3.63) is 40.2 Å². The number of halogens is 2. The third-order valence-corrected chi connectivity index (χ3v) is 3.15. The van der Waals surface area contributed by atoms with E-state index >= 15 is 0 Å². The van der Waals surface area contributed by atoms with E-state index in [2.05, 4.69) is 0 Å². The summed E-state index contributed by atoms with van der Waals surface area (Å²) in [5.41, 5.74) is 2.53. The summed E-state index contributed by atoms with van der Waals surface area (Å²) in [6.45, 7) is 0. The van der Waals surface area contributed by atoms with Gasteiger partial charge in [0.25, 0.3) is 0 Å². The zero-order valence-corrected chi connectivity index (χ0v) is 11.9. The summed E-state index contributed by atoms with van der Waals surface area (Å²) in [6, 6.07) is 7.55. The topological polar surface area (TPSA) is 28.8 Å². The molecule has 2 aromatic rings. The summed E-state index contributed by atoms with van der Waals surface area (Å²) in [7, 11) is 1.88. The highest BCUT2D eigenvalue weighted by molar-refractivity contribution is 14.0. The largest absolute Gasteiger partial charge is 0.285 e. The van der Waals surface area contributed by atoms with Crippen LogP contribution in [-0.2, 0) is 7.05 Å². The Morgan fingerprint density at radius 1 is 1.27 bits per heavy atom. The molecule has 0 saturated heterocycles. The van der Waals surface area contributed by atoms with E-state index in [4.69, 9.17) is 17.0 Å². The van der Waals surface area contributed by atoms with Gasteiger partial charge in [0.05, 0.1) is 0 Å². The number of aryl methyl sites for hydroxylation is 1. The van der Waals surface area contributed by atoms with Crippen molar-refractivity contribution < 1.29 is 0 Å². The van der Waals surface area contributed by atoms with Crippen molar-refractivity contribution in [3.63, 3.8) is 0 Å². The Bertz CT molecular complexity index is 501. The van der Waals surface area contributed by atoms with Crippen LogP contribution in [0.5, 0.6) is 0 Å². The molecular weight excluding hydrogens is 343 g/mol. The zero-order valence-electron chi connectivity index (χ0n) is 8.03. The van der Waals surface area contributed by atoms with Gasteiger partial charge in [-0.1, -0.05) is 35.3 Å². The fourth-order valence-electron chi connectivity index (χ4n) is 1.24. The molecule has 80 valence electrons. The van der Waals surface area contributed by atoms with Crippen molar-refractivity contribution in [1.82, 2.24) is 3.96 Å². The lowest BCUT2D eigenvalue weighted by atomic mass is 10.1. The summed E-state index contributed by atoms with van der Waals surface area (Å²) < 4.78 is 1.82. The smallest absolute Gasteiger partial charge is 0.142 e. The van der Waals surface area contributed by atoms with Crippen LogP contribution in [0.1, 0.15) is 0 Å². The van der Waals surface area contributed by atoms with E-state index < -0.39 is 0 Å². The number of hydrogen-bond donors (Lipinski definition) is 1. The molecule has 0 amide bonds. The normalized spacial score (nSPS) is 9.73. The Morgan fingerprint density at radius 3 is 2.33 bits per heavy atom. The molecule has 0 aliphatic heterocycles. The number of aromatic nitrogens is 1. The highest BCUT2D eigenvalue weighted by Gasteiger charge is 2.03. The first-order valence-corrected chi connectivity index (χ1v) is 5.35. The average molecular weight is 353 g/mol. The van der Waals surface area contributed by atoms with E-state index in [1.54, 1.807) is 0 Å². The van der Waals surface area contributed by atoms with Crippen LogP contribution in [0.3, 0.4) is 0 Å². The van der Waals surface area contributed by atoms with Gasteiger partial charge in [-0.15, -0.1) is 24.0 Å². The molecule has 0 radical (unpaired) electrons. The monoisotopic (exact) mass is 352 g/mol. The van der Waals surface area contributed by atoms with Gasteiger partial charge in [-0.2, -0.15) is 0 Å². The Kier molecular flexibility index (Phi) is 4.36. The second-order valence-electron chi connectivity index (χ2n) is 2.99. The summed E-state index contributed by atoms with van der Waals surface area (Å²) in [5, 5.41) is 10.5. The molecule has 2 nitrogen and oxygen atoms in total. The van der Waals surface area contributed by atoms with Gasteiger partial charge in [-0.05, 0) is 17.7 Å². The van der Waals surface area contributed by atoms with Gasteiger partial charge >= 0.3 is 0 Å². The van der Waals surface area contributed by atoms with Crippen LogP contribution < -0.4 is 5.49 Å². The predicted octanol–water partition coefficient (Wildman–Crippen LogP) is 3.50. The minimum Gasteiger partial charge on any atom is -0.285 e. The van der Waals surface area contributed by atoms with Crippen LogP contribution >= 0.6 is 47.1 Å². The molecular formula is C10H10ClIN2S. The van der Waals surface area contributed by atoms with Crippen molar-refractivity contribution in [1.29, 1.82) is 5.41 Å². The number of rotatable bonds is 1. The Balaban J connectivity index is 0.00000112. The van der Waals surface area contributed by atoms with Crippen LogP contribution in [0.4, 0.5) is 0 Å². The van der Waals surface area contributed by atoms with Crippen LogP contribution in [0.15, 0.2) is 29.6 Å². The fraction of sp³-hybridized carbons (Fsp3) is 0.100. The predicted molar refractivity (Wildman–Crippen MR) is 75.0 cm³/mol. The molecule has 0 unspecified atom stereocenters. The minimum atomic E-state index is 0. The van der Waals surface area contributed by atoms with Crippen LogP contribution in [-0.4, -0.2) is 3.96 Å². The summed E-state index contributed by atoms with van der Waals surface area (Å²) >= 11 is 7.32. The average Bonchev–Trinajstić information content (AvgIpc) is 2.50. The summed E-state index contributed by atoms with van der Waals surface area (Å²) in [5.74, 6) is 0. The molecule has 2 rings (SSSR count).